The van der Waals surface area contributed by atoms with Crippen LogP contribution in [0.15, 0.2) is 29.6 Å². The third kappa shape index (κ3) is 4.20. The first-order valence-electron chi connectivity index (χ1n) is 8.04. The molecule has 0 aliphatic carbocycles. The zero-order valence-electron chi connectivity index (χ0n) is 14.9. The number of anilines is 1. The fourth-order valence-electron chi connectivity index (χ4n) is 2.43. The summed E-state index contributed by atoms with van der Waals surface area (Å²) in [5, 5.41) is 8.99. The van der Waals surface area contributed by atoms with E-state index >= 15 is 0 Å². The molecular formula is C18H17FN4O3S. The van der Waals surface area contributed by atoms with E-state index < -0.39 is 18.5 Å². The van der Waals surface area contributed by atoms with E-state index in [0.29, 0.717) is 22.0 Å². The Kier molecular flexibility index (Phi) is 5.31. The van der Waals surface area contributed by atoms with Gasteiger partial charge in [0.2, 0.25) is 0 Å². The Morgan fingerprint density at radius 3 is 2.59 bits per heavy atom. The summed E-state index contributed by atoms with van der Waals surface area (Å²) in [5.74, 6) is -1.51. The minimum absolute atomic E-state index is 0.0980. The van der Waals surface area contributed by atoms with Crippen LogP contribution >= 0.6 is 11.3 Å². The van der Waals surface area contributed by atoms with Crippen LogP contribution in [-0.2, 0) is 16.6 Å². The number of rotatable bonds is 5. The number of ether oxygens (including phenoxy) is 1. The first-order valence-corrected chi connectivity index (χ1v) is 8.91. The van der Waals surface area contributed by atoms with Gasteiger partial charge in [-0.2, -0.15) is 5.10 Å². The van der Waals surface area contributed by atoms with Crippen molar-refractivity contribution < 1.29 is 18.7 Å². The van der Waals surface area contributed by atoms with Gasteiger partial charge in [-0.25, -0.2) is 14.2 Å². The minimum Gasteiger partial charge on any atom is -0.451 e. The van der Waals surface area contributed by atoms with E-state index in [1.165, 1.54) is 28.8 Å². The fraction of sp³-hybridized carbons (Fsp3) is 0.222. The second kappa shape index (κ2) is 7.67. The summed E-state index contributed by atoms with van der Waals surface area (Å²) in [7, 11) is 1.78. The van der Waals surface area contributed by atoms with Crippen molar-refractivity contribution in [3.63, 3.8) is 0 Å². The number of hydrogen-bond acceptors (Lipinski definition) is 6. The smallest absolute Gasteiger partial charge is 0.358 e. The molecule has 0 unspecified atom stereocenters. The Morgan fingerprint density at radius 2 is 1.96 bits per heavy atom. The molecule has 2 aromatic heterocycles. The number of aryl methyl sites for hydroxylation is 2. The highest BCUT2D eigenvalue weighted by atomic mass is 32.1. The van der Waals surface area contributed by atoms with Gasteiger partial charge in [-0.1, -0.05) is 0 Å². The molecule has 9 heteroatoms. The minimum atomic E-state index is -0.700. The molecule has 1 aromatic carbocycles. The zero-order chi connectivity index (χ0) is 19.6. The highest BCUT2D eigenvalue weighted by Gasteiger charge is 2.17. The maximum Gasteiger partial charge on any atom is 0.358 e. The number of esters is 1. The lowest BCUT2D eigenvalue weighted by atomic mass is 10.2. The molecule has 3 rings (SSSR count). The fourth-order valence-corrected chi connectivity index (χ4v) is 3.22. The number of nitrogens with one attached hydrogen (secondary N) is 1. The van der Waals surface area contributed by atoms with Gasteiger partial charge in [0.1, 0.15) is 10.8 Å². The molecular weight excluding hydrogens is 371 g/mol. The highest BCUT2D eigenvalue weighted by Crippen LogP contribution is 2.24. The summed E-state index contributed by atoms with van der Waals surface area (Å²) in [6.45, 7) is 3.17. The number of carbonyl (C=O) groups excluding carboxylic acids is 2. The summed E-state index contributed by atoms with van der Waals surface area (Å²) >= 11 is 1.23. The molecule has 27 heavy (non-hydrogen) atoms. The molecule has 0 saturated heterocycles. The summed E-state index contributed by atoms with van der Waals surface area (Å²) in [4.78, 5) is 28.3. The first-order chi connectivity index (χ1) is 12.8. The highest BCUT2D eigenvalue weighted by molar-refractivity contribution is 7.13. The Bertz CT molecular complexity index is 995. The number of aromatic nitrogens is 3. The maximum absolute atomic E-state index is 13.0. The van der Waals surface area contributed by atoms with Gasteiger partial charge in [0, 0.05) is 18.0 Å². The standard InChI is InChI=1S/C18H17FN4O3S/c1-10-16(11(2)23(3)22-10)21-15(24)8-26-18(25)14-9-27-17(20-14)12-4-6-13(19)7-5-12/h4-7,9H,8H2,1-3H3,(H,21,24). The van der Waals surface area contributed by atoms with Crippen molar-refractivity contribution in [2.45, 2.75) is 13.8 Å². The van der Waals surface area contributed by atoms with Crippen molar-refractivity contribution in [1.82, 2.24) is 14.8 Å². The molecule has 1 N–H and O–H groups in total. The van der Waals surface area contributed by atoms with Crippen LogP contribution in [0.25, 0.3) is 10.6 Å². The van der Waals surface area contributed by atoms with Gasteiger partial charge < -0.3 is 10.1 Å². The van der Waals surface area contributed by atoms with Gasteiger partial charge in [0.25, 0.3) is 5.91 Å². The molecule has 0 atom stereocenters. The van der Waals surface area contributed by atoms with Crippen LogP contribution in [0.5, 0.6) is 0 Å². The maximum atomic E-state index is 13.0. The van der Waals surface area contributed by atoms with Crippen LogP contribution in [0.4, 0.5) is 10.1 Å². The van der Waals surface area contributed by atoms with Crippen molar-refractivity contribution >= 4 is 28.9 Å². The van der Waals surface area contributed by atoms with Crippen molar-refractivity contribution in [2.75, 3.05) is 11.9 Å². The average molecular weight is 388 g/mol. The Morgan fingerprint density at radius 1 is 1.26 bits per heavy atom. The van der Waals surface area contributed by atoms with Crippen LogP contribution in [0.1, 0.15) is 21.9 Å². The van der Waals surface area contributed by atoms with E-state index in [1.807, 2.05) is 6.92 Å². The number of carbonyl (C=O) groups is 2. The van der Waals surface area contributed by atoms with Gasteiger partial charge in [0.15, 0.2) is 12.3 Å². The SMILES string of the molecule is Cc1nn(C)c(C)c1NC(=O)COC(=O)c1csc(-c2ccc(F)cc2)n1. The van der Waals surface area contributed by atoms with Crippen molar-refractivity contribution in [3.05, 3.63) is 52.5 Å². The van der Waals surface area contributed by atoms with Crippen molar-refractivity contribution in [3.8, 4) is 10.6 Å². The van der Waals surface area contributed by atoms with Gasteiger partial charge >= 0.3 is 5.97 Å². The van der Waals surface area contributed by atoms with E-state index in [9.17, 15) is 14.0 Å². The summed E-state index contributed by atoms with van der Waals surface area (Å²) in [6.07, 6.45) is 0. The second-order valence-electron chi connectivity index (χ2n) is 5.84. The van der Waals surface area contributed by atoms with Crippen molar-refractivity contribution in [1.29, 1.82) is 0 Å². The molecule has 140 valence electrons. The first kappa shape index (κ1) is 18.7. The third-order valence-electron chi connectivity index (χ3n) is 3.91. The van der Waals surface area contributed by atoms with Crippen LogP contribution in [0.3, 0.4) is 0 Å². The predicted molar refractivity (Wildman–Crippen MR) is 99.1 cm³/mol. The molecule has 3 aromatic rings. The average Bonchev–Trinajstić information content (AvgIpc) is 3.22. The number of hydrogen-bond donors (Lipinski definition) is 1. The molecule has 2 heterocycles. The topological polar surface area (TPSA) is 86.1 Å². The van der Waals surface area contributed by atoms with E-state index in [-0.39, 0.29) is 11.5 Å². The van der Waals surface area contributed by atoms with E-state index in [0.717, 1.165) is 5.69 Å². The molecule has 0 saturated carbocycles. The lowest BCUT2D eigenvalue weighted by molar-refractivity contribution is -0.119. The second-order valence-corrected chi connectivity index (χ2v) is 6.70. The summed E-state index contributed by atoms with van der Waals surface area (Å²) in [6, 6.07) is 5.80. The molecule has 0 fully saturated rings. The van der Waals surface area contributed by atoms with Gasteiger partial charge in [0.05, 0.1) is 17.1 Å². The molecule has 1 amide bonds. The monoisotopic (exact) mass is 388 g/mol. The quantitative estimate of drug-likeness (QED) is 0.679. The molecule has 0 aliphatic rings. The summed E-state index contributed by atoms with van der Waals surface area (Å²) in [5.41, 5.74) is 2.88. The number of thiazole rings is 1. The lowest BCUT2D eigenvalue weighted by Crippen LogP contribution is -2.21. The number of amides is 1. The lowest BCUT2D eigenvalue weighted by Gasteiger charge is -2.06. The predicted octanol–water partition coefficient (Wildman–Crippen LogP) is 3.10. The Balaban J connectivity index is 1.59. The molecule has 0 spiro atoms. The normalized spacial score (nSPS) is 10.7. The van der Waals surface area contributed by atoms with Crippen LogP contribution < -0.4 is 5.32 Å². The van der Waals surface area contributed by atoms with Crippen LogP contribution in [0.2, 0.25) is 0 Å². The van der Waals surface area contributed by atoms with Gasteiger partial charge in [-0.15, -0.1) is 11.3 Å². The third-order valence-corrected chi connectivity index (χ3v) is 4.80. The van der Waals surface area contributed by atoms with E-state index in [4.69, 9.17) is 4.74 Å². The molecule has 0 radical (unpaired) electrons. The van der Waals surface area contributed by atoms with Crippen LogP contribution in [-0.4, -0.2) is 33.2 Å². The van der Waals surface area contributed by atoms with E-state index in [1.54, 1.807) is 30.8 Å². The van der Waals surface area contributed by atoms with Gasteiger partial charge in [-0.05, 0) is 38.1 Å². The Hall–Kier alpha value is -3.07. The molecule has 0 aliphatic heterocycles. The Labute approximate surface area is 158 Å². The number of halogens is 1. The van der Waals surface area contributed by atoms with Crippen molar-refractivity contribution in [2.24, 2.45) is 7.05 Å². The zero-order valence-corrected chi connectivity index (χ0v) is 15.8. The summed E-state index contributed by atoms with van der Waals surface area (Å²) < 4.78 is 19.7. The molecule has 0 bridgehead atoms. The van der Waals surface area contributed by atoms with E-state index in [2.05, 4.69) is 15.4 Å². The largest absolute Gasteiger partial charge is 0.451 e. The molecule has 7 nitrogen and oxygen atoms in total. The van der Waals surface area contributed by atoms with Gasteiger partial charge in [-0.3, -0.25) is 9.48 Å². The van der Waals surface area contributed by atoms with Crippen LogP contribution in [0, 0.1) is 19.7 Å². The number of benzene rings is 1. The number of nitrogens with zero attached hydrogens (tertiary/aromatic N) is 3.